The van der Waals surface area contributed by atoms with Crippen molar-refractivity contribution in [3.63, 3.8) is 0 Å². The number of rotatable bonds is 4. The predicted molar refractivity (Wildman–Crippen MR) is 68.3 cm³/mol. The summed E-state index contributed by atoms with van der Waals surface area (Å²) in [5.74, 6) is -0.518. The Morgan fingerprint density at radius 2 is 1.94 bits per heavy atom. The van der Waals surface area contributed by atoms with E-state index >= 15 is 0 Å². The Morgan fingerprint density at radius 3 is 2.44 bits per heavy atom. The number of hydrogen-bond acceptors (Lipinski definition) is 3. The molecule has 96 valence electrons. The van der Waals surface area contributed by atoms with Gasteiger partial charge >= 0.3 is 5.97 Å². The van der Waals surface area contributed by atoms with Gasteiger partial charge in [0.05, 0.1) is 17.9 Å². The van der Waals surface area contributed by atoms with Gasteiger partial charge in [0.15, 0.2) is 0 Å². The molecule has 0 saturated heterocycles. The van der Waals surface area contributed by atoms with Crippen molar-refractivity contribution in [2.75, 3.05) is 6.61 Å². The SMILES string of the molecule is CCOC(=O)[C@@H]1C[C@@]1(C(C)=O)c1ccc(C)cc1. The van der Waals surface area contributed by atoms with E-state index in [0.29, 0.717) is 13.0 Å². The summed E-state index contributed by atoms with van der Waals surface area (Å²) in [4.78, 5) is 23.7. The van der Waals surface area contributed by atoms with E-state index in [1.165, 1.54) is 0 Å². The van der Waals surface area contributed by atoms with E-state index in [-0.39, 0.29) is 17.7 Å². The number of ether oxygens (including phenoxy) is 1. The lowest BCUT2D eigenvalue weighted by molar-refractivity contribution is -0.146. The molecule has 1 aromatic carbocycles. The van der Waals surface area contributed by atoms with Crippen LogP contribution in [-0.2, 0) is 19.7 Å². The minimum Gasteiger partial charge on any atom is -0.466 e. The zero-order valence-corrected chi connectivity index (χ0v) is 11.0. The fraction of sp³-hybridized carbons (Fsp3) is 0.467. The zero-order chi connectivity index (χ0) is 13.3. The number of benzene rings is 1. The summed E-state index contributed by atoms with van der Waals surface area (Å²) < 4.78 is 5.03. The van der Waals surface area contributed by atoms with E-state index in [1.807, 2.05) is 31.2 Å². The maximum atomic E-state index is 11.9. The van der Waals surface area contributed by atoms with Crippen molar-refractivity contribution < 1.29 is 14.3 Å². The largest absolute Gasteiger partial charge is 0.466 e. The topological polar surface area (TPSA) is 43.4 Å². The minimum atomic E-state index is -0.639. The number of carbonyl (C=O) groups excluding carboxylic acids is 2. The van der Waals surface area contributed by atoms with E-state index in [0.717, 1.165) is 11.1 Å². The monoisotopic (exact) mass is 246 g/mol. The molecule has 2 rings (SSSR count). The molecule has 18 heavy (non-hydrogen) atoms. The van der Waals surface area contributed by atoms with Gasteiger partial charge in [-0.05, 0) is 32.8 Å². The van der Waals surface area contributed by atoms with E-state index < -0.39 is 5.41 Å². The van der Waals surface area contributed by atoms with Crippen LogP contribution in [0, 0.1) is 12.8 Å². The minimum absolute atomic E-state index is 0.0457. The first-order chi connectivity index (χ1) is 8.52. The molecule has 1 fully saturated rings. The molecule has 0 N–H and O–H groups in total. The van der Waals surface area contributed by atoms with E-state index in [2.05, 4.69) is 0 Å². The first-order valence-corrected chi connectivity index (χ1v) is 6.27. The van der Waals surface area contributed by atoms with Crippen LogP contribution in [0.3, 0.4) is 0 Å². The Balaban J connectivity index is 2.29. The summed E-state index contributed by atoms with van der Waals surface area (Å²) in [6.45, 7) is 5.69. The molecule has 0 spiro atoms. The van der Waals surface area contributed by atoms with Gasteiger partial charge in [-0.15, -0.1) is 0 Å². The number of Topliss-reactive ketones (excluding diaryl/α,β-unsaturated/α-hetero) is 1. The van der Waals surface area contributed by atoms with Gasteiger partial charge in [0.25, 0.3) is 0 Å². The Kier molecular flexibility index (Phi) is 3.24. The summed E-state index contributed by atoms with van der Waals surface area (Å²) in [6.07, 6.45) is 0.574. The molecule has 0 unspecified atom stereocenters. The van der Waals surface area contributed by atoms with Crippen molar-refractivity contribution in [1.82, 2.24) is 0 Å². The second-order valence-corrected chi connectivity index (χ2v) is 4.90. The molecule has 0 amide bonds. The maximum absolute atomic E-state index is 11.9. The predicted octanol–water partition coefficient (Wildman–Crippen LogP) is 2.40. The molecular weight excluding hydrogens is 228 g/mol. The van der Waals surface area contributed by atoms with Gasteiger partial charge in [-0.3, -0.25) is 9.59 Å². The molecular formula is C15H18O3. The highest BCUT2D eigenvalue weighted by Crippen LogP contribution is 2.55. The number of hydrogen-bond donors (Lipinski definition) is 0. The lowest BCUT2D eigenvalue weighted by atomic mass is 9.89. The fourth-order valence-electron chi connectivity index (χ4n) is 2.55. The van der Waals surface area contributed by atoms with E-state index in [1.54, 1.807) is 13.8 Å². The Morgan fingerprint density at radius 1 is 1.33 bits per heavy atom. The maximum Gasteiger partial charge on any atom is 0.310 e. The average Bonchev–Trinajstić information content (AvgIpc) is 3.07. The van der Waals surface area contributed by atoms with Crippen molar-refractivity contribution in [1.29, 1.82) is 0 Å². The van der Waals surface area contributed by atoms with Crippen molar-refractivity contribution >= 4 is 11.8 Å². The van der Waals surface area contributed by atoms with Crippen molar-refractivity contribution in [3.05, 3.63) is 35.4 Å². The lowest BCUT2D eigenvalue weighted by Gasteiger charge is -2.14. The molecule has 1 saturated carbocycles. The van der Waals surface area contributed by atoms with Gasteiger partial charge in [-0.2, -0.15) is 0 Å². The normalized spacial score (nSPS) is 25.6. The first-order valence-electron chi connectivity index (χ1n) is 6.27. The van der Waals surface area contributed by atoms with Crippen LogP contribution in [0.25, 0.3) is 0 Å². The van der Waals surface area contributed by atoms with Gasteiger partial charge in [0.2, 0.25) is 0 Å². The molecule has 0 heterocycles. The van der Waals surface area contributed by atoms with Crippen LogP contribution in [0.4, 0.5) is 0 Å². The number of esters is 1. The van der Waals surface area contributed by atoms with Crippen LogP contribution in [0.15, 0.2) is 24.3 Å². The van der Waals surface area contributed by atoms with Gasteiger partial charge in [-0.1, -0.05) is 29.8 Å². The van der Waals surface area contributed by atoms with Crippen LogP contribution < -0.4 is 0 Å². The molecule has 1 aliphatic carbocycles. The molecule has 1 aromatic rings. The van der Waals surface area contributed by atoms with Crippen molar-refractivity contribution in [2.45, 2.75) is 32.6 Å². The highest BCUT2D eigenvalue weighted by molar-refractivity contribution is 5.99. The molecule has 3 heteroatoms. The number of carbonyl (C=O) groups is 2. The highest BCUT2D eigenvalue weighted by atomic mass is 16.5. The molecule has 3 nitrogen and oxygen atoms in total. The summed E-state index contributed by atoms with van der Waals surface area (Å²) in [7, 11) is 0. The summed E-state index contributed by atoms with van der Waals surface area (Å²) >= 11 is 0. The summed E-state index contributed by atoms with van der Waals surface area (Å²) in [5, 5.41) is 0. The standard InChI is InChI=1S/C15H18O3/c1-4-18-14(17)13-9-15(13,11(3)16)12-7-5-10(2)6-8-12/h5-8,13H,4,9H2,1-3H3/t13-,15+/m0/s1. The van der Waals surface area contributed by atoms with Crippen molar-refractivity contribution in [3.8, 4) is 0 Å². The summed E-state index contributed by atoms with van der Waals surface area (Å²) in [5.41, 5.74) is 1.43. The second-order valence-electron chi connectivity index (χ2n) is 4.90. The quantitative estimate of drug-likeness (QED) is 0.766. The number of ketones is 1. The van der Waals surface area contributed by atoms with Gasteiger partial charge in [-0.25, -0.2) is 0 Å². The zero-order valence-electron chi connectivity index (χ0n) is 11.0. The lowest BCUT2D eigenvalue weighted by Crippen LogP contribution is -2.24. The smallest absolute Gasteiger partial charge is 0.310 e. The first kappa shape index (κ1) is 12.8. The third-order valence-electron chi connectivity index (χ3n) is 3.73. The Bertz CT molecular complexity index is 475. The van der Waals surface area contributed by atoms with Crippen LogP contribution in [0.1, 0.15) is 31.4 Å². The third kappa shape index (κ3) is 1.94. The van der Waals surface area contributed by atoms with Crippen LogP contribution in [0.2, 0.25) is 0 Å². The highest BCUT2D eigenvalue weighted by Gasteiger charge is 2.63. The molecule has 0 aromatic heterocycles. The molecule has 2 atom stereocenters. The molecule has 1 aliphatic rings. The Labute approximate surface area is 107 Å². The van der Waals surface area contributed by atoms with Crippen LogP contribution in [0.5, 0.6) is 0 Å². The van der Waals surface area contributed by atoms with Gasteiger partial charge < -0.3 is 4.74 Å². The van der Waals surface area contributed by atoms with Crippen LogP contribution >= 0.6 is 0 Å². The van der Waals surface area contributed by atoms with Gasteiger partial charge in [0.1, 0.15) is 5.78 Å². The molecule has 0 aliphatic heterocycles. The second kappa shape index (κ2) is 4.56. The molecule has 0 bridgehead atoms. The van der Waals surface area contributed by atoms with Crippen molar-refractivity contribution in [2.24, 2.45) is 5.92 Å². The van der Waals surface area contributed by atoms with Gasteiger partial charge in [0, 0.05) is 0 Å². The number of aryl methyl sites for hydroxylation is 1. The van der Waals surface area contributed by atoms with Crippen LogP contribution in [-0.4, -0.2) is 18.4 Å². The molecule has 0 radical (unpaired) electrons. The third-order valence-corrected chi connectivity index (χ3v) is 3.73. The summed E-state index contributed by atoms with van der Waals surface area (Å²) in [6, 6.07) is 7.83. The Hall–Kier alpha value is -1.64. The van der Waals surface area contributed by atoms with E-state index in [4.69, 9.17) is 4.74 Å². The van der Waals surface area contributed by atoms with E-state index in [9.17, 15) is 9.59 Å². The average molecular weight is 246 g/mol. The fourth-order valence-corrected chi connectivity index (χ4v) is 2.55.